The van der Waals surface area contributed by atoms with Gasteiger partial charge in [-0.2, -0.15) is 0 Å². The van der Waals surface area contributed by atoms with E-state index in [9.17, 15) is 0 Å². The normalized spacial score (nSPS) is 25.2. The van der Waals surface area contributed by atoms with Crippen LogP contribution >= 0.6 is 11.3 Å². The number of thiazole rings is 1. The van der Waals surface area contributed by atoms with Crippen LogP contribution in [-0.2, 0) is 10.3 Å². The van der Waals surface area contributed by atoms with Crippen LogP contribution in [0.15, 0.2) is 5.38 Å². The Morgan fingerprint density at radius 1 is 1.29 bits per heavy atom. The molecular formula is C13H20N2OS. The molecule has 0 unspecified atom stereocenters. The highest BCUT2D eigenvalue weighted by Crippen LogP contribution is 2.38. The molecule has 3 nitrogen and oxygen atoms in total. The van der Waals surface area contributed by atoms with E-state index in [1.165, 1.54) is 30.7 Å². The molecule has 0 spiro atoms. The van der Waals surface area contributed by atoms with Gasteiger partial charge in [-0.25, -0.2) is 4.98 Å². The molecular weight excluding hydrogens is 232 g/mol. The first-order valence-corrected chi connectivity index (χ1v) is 7.48. The second-order valence-electron chi connectivity index (χ2n) is 5.32. The molecule has 4 heteroatoms. The number of nitrogens with two attached hydrogens (primary N) is 1. The smallest absolute Gasteiger partial charge is 0.0960 e. The molecule has 1 saturated heterocycles. The summed E-state index contributed by atoms with van der Waals surface area (Å²) in [6.45, 7) is 1.54. The fraction of sp³-hybridized carbons (Fsp3) is 0.769. The van der Waals surface area contributed by atoms with Gasteiger partial charge >= 0.3 is 0 Å². The van der Waals surface area contributed by atoms with Crippen molar-refractivity contribution >= 4 is 11.3 Å². The average molecular weight is 252 g/mol. The fourth-order valence-electron chi connectivity index (χ4n) is 2.87. The van der Waals surface area contributed by atoms with Gasteiger partial charge in [0.15, 0.2) is 0 Å². The van der Waals surface area contributed by atoms with Crippen molar-refractivity contribution in [2.24, 2.45) is 5.73 Å². The van der Waals surface area contributed by atoms with Gasteiger partial charge in [0.25, 0.3) is 0 Å². The summed E-state index contributed by atoms with van der Waals surface area (Å²) in [4.78, 5) is 4.83. The summed E-state index contributed by atoms with van der Waals surface area (Å²) in [7, 11) is 0. The van der Waals surface area contributed by atoms with Crippen LogP contribution in [-0.4, -0.2) is 18.2 Å². The van der Waals surface area contributed by atoms with Gasteiger partial charge in [0, 0.05) is 24.5 Å². The zero-order chi connectivity index (χ0) is 11.7. The minimum atomic E-state index is -0.231. The van der Waals surface area contributed by atoms with E-state index < -0.39 is 0 Å². The predicted molar refractivity (Wildman–Crippen MR) is 69.2 cm³/mol. The SMILES string of the molecule is NC1(c2csc(C3CCCC3)n2)CCOCC1. The molecule has 2 N–H and O–H groups in total. The van der Waals surface area contributed by atoms with Crippen molar-refractivity contribution in [1.29, 1.82) is 0 Å². The first kappa shape index (κ1) is 11.6. The zero-order valence-electron chi connectivity index (χ0n) is 10.2. The minimum Gasteiger partial charge on any atom is -0.381 e. The quantitative estimate of drug-likeness (QED) is 0.880. The maximum Gasteiger partial charge on any atom is 0.0960 e. The van der Waals surface area contributed by atoms with Crippen molar-refractivity contribution < 1.29 is 4.74 Å². The van der Waals surface area contributed by atoms with E-state index in [0.29, 0.717) is 5.92 Å². The van der Waals surface area contributed by atoms with E-state index in [4.69, 9.17) is 15.5 Å². The molecule has 0 amide bonds. The van der Waals surface area contributed by atoms with Gasteiger partial charge in [0.05, 0.1) is 16.2 Å². The Bertz CT molecular complexity index is 379. The van der Waals surface area contributed by atoms with Crippen LogP contribution in [0.1, 0.15) is 55.1 Å². The van der Waals surface area contributed by atoms with Gasteiger partial charge in [-0.15, -0.1) is 11.3 Å². The molecule has 0 aromatic carbocycles. The zero-order valence-corrected chi connectivity index (χ0v) is 11.0. The van der Waals surface area contributed by atoms with Crippen molar-refractivity contribution in [1.82, 2.24) is 4.98 Å². The van der Waals surface area contributed by atoms with Crippen LogP contribution in [0.3, 0.4) is 0 Å². The highest BCUT2D eigenvalue weighted by Gasteiger charge is 2.33. The minimum absolute atomic E-state index is 0.231. The molecule has 2 aliphatic rings. The van der Waals surface area contributed by atoms with Crippen molar-refractivity contribution in [2.45, 2.75) is 50.0 Å². The summed E-state index contributed by atoms with van der Waals surface area (Å²) in [5.74, 6) is 0.706. The second-order valence-corrected chi connectivity index (χ2v) is 6.21. The summed E-state index contributed by atoms with van der Waals surface area (Å²) in [6.07, 6.45) is 7.16. The van der Waals surface area contributed by atoms with Gasteiger partial charge < -0.3 is 10.5 Å². The lowest BCUT2D eigenvalue weighted by Crippen LogP contribution is -2.42. The highest BCUT2D eigenvalue weighted by molar-refractivity contribution is 7.09. The van der Waals surface area contributed by atoms with Crippen LogP contribution in [0.2, 0.25) is 0 Å². The maximum atomic E-state index is 6.46. The Morgan fingerprint density at radius 2 is 2.00 bits per heavy atom. The largest absolute Gasteiger partial charge is 0.381 e. The van der Waals surface area contributed by atoms with E-state index >= 15 is 0 Å². The van der Waals surface area contributed by atoms with Crippen LogP contribution in [0, 0.1) is 0 Å². The third kappa shape index (κ3) is 2.26. The van der Waals surface area contributed by atoms with Gasteiger partial charge in [0.2, 0.25) is 0 Å². The van der Waals surface area contributed by atoms with Crippen LogP contribution in [0.25, 0.3) is 0 Å². The van der Waals surface area contributed by atoms with Crippen LogP contribution < -0.4 is 5.73 Å². The van der Waals surface area contributed by atoms with Gasteiger partial charge in [0.1, 0.15) is 0 Å². The third-order valence-corrected chi connectivity index (χ3v) is 5.13. The molecule has 1 aliphatic carbocycles. The molecule has 1 aliphatic heterocycles. The molecule has 2 fully saturated rings. The summed E-state index contributed by atoms with van der Waals surface area (Å²) in [6, 6.07) is 0. The predicted octanol–water partition coefficient (Wildman–Crippen LogP) is 2.77. The molecule has 94 valence electrons. The number of hydrogen-bond acceptors (Lipinski definition) is 4. The molecule has 1 saturated carbocycles. The lowest BCUT2D eigenvalue weighted by molar-refractivity contribution is 0.0509. The Labute approximate surface area is 106 Å². The van der Waals surface area contributed by atoms with Crippen LogP contribution in [0.5, 0.6) is 0 Å². The Kier molecular flexibility index (Phi) is 3.19. The topological polar surface area (TPSA) is 48.1 Å². The lowest BCUT2D eigenvalue weighted by Gasteiger charge is -2.31. The molecule has 3 rings (SSSR count). The van der Waals surface area contributed by atoms with E-state index in [1.807, 2.05) is 11.3 Å². The number of nitrogens with zero attached hydrogens (tertiary/aromatic N) is 1. The molecule has 1 aromatic heterocycles. The van der Waals surface area contributed by atoms with E-state index in [2.05, 4.69) is 5.38 Å². The van der Waals surface area contributed by atoms with Gasteiger partial charge in [-0.3, -0.25) is 0 Å². The highest BCUT2D eigenvalue weighted by atomic mass is 32.1. The first-order valence-electron chi connectivity index (χ1n) is 6.60. The van der Waals surface area contributed by atoms with Gasteiger partial charge in [-0.1, -0.05) is 12.8 Å². The fourth-order valence-corrected chi connectivity index (χ4v) is 3.97. The Hall–Kier alpha value is -0.450. The number of rotatable bonds is 2. The monoisotopic (exact) mass is 252 g/mol. The van der Waals surface area contributed by atoms with Crippen molar-refractivity contribution in [3.8, 4) is 0 Å². The summed E-state index contributed by atoms with van der Waals surface area (Å²) >= 11 is 1.81. The second kappa shape index (κ2) is 4.67. The van der Waals surface area contributed by atoms with Crippen molar-refractivity contribution in [3.05, 3.63) is 16.1 Å². The number of ether oxygens (including phenoxy) is 1. The van der Waals surface area contributed by atoms with Crippen LogP contribution in [0.4, 0.5) is 0 Å². The van der Waals surface area contributed by atoms with E-state index in [-0.39, 0.29) is 5.54 Å². The average Bonchev–Trinajstić information content (AvgIpc) is 3.01. The maximum absolute atomic E-state index is 6.46. The Balaban J connectivity index is 1.78. The summed E-state index contributed by atoms with van der Waals surface area (Å²) < 4.78 is 5.39. The summed E-state index contributed by atoms with van der Waals surface area (Å²) in [5, 5.41) is 3.49. The van der Waals surface area contributed by atoms with Crippen molar-refractivity contribution in [2.75, 3.05) is 13.2 Å². The summed E-state index contributed by atoms with van der Waals surface area (Å²) in [5.41, 5.74) is 7.33. The molecule has 2 heterocycles. The standard InChI is InChI=1S/C13H20N2OS/c14-13(5-7-16-8-6-13)11-9-17-12(15-11)10-3-1-2-4-10/h9-10H,1-8,14H2. The first-order chi connectivity index (χ1) is 8.28. The molecule has 0 radical (unpaired) electrons. The molecule has 1 aromatic rings. The number of hydrogen-bond donors (Lipinski definition) is 1. The van der Waals surface area contributed by atoms with E-state index in [0.717, 1.165) is 31.7 Å². The Morgan fingerprint density at radius 3 is 2.71 bits per heavy atom. The third-order valence-electron chi connectivity index (χ3n) is 4.12. The number of aromatic nitrogens is 1. The molecule has 17 heavy (non-hydrogen) atoms. The van der Waals surface area contributed by atoms with Crippen molar-refractivity contribution in [3.63, 3.8) is 0 Å². The lowest BCUT2D eigenvalue weighted by atomic mass is 9.88. The molecule has 0 bridgehead atoms. The van der Waals surface area contributed by atoms with E-state index in [1.54, 1.807) is 0 Å². The van der Waals surface area contributed by atoms with Gasteiger partial charge in [-0.05, 0) is 25.7 Å². The molecule has 0 atom stereocenters.